The van der Waals surface area contributed by atoms with E-state index in [1.165, 1.54) is 0 Å². The fourth-order valence-corrected chi connectivity index (χ4v) is 3.92. The number of benzene rings is 3. The Morgan fingerprint density at radius 2 is 1.15 bits per heavy atom. The highest BCUT2D eigenvalue weighted by atomic mass is 16.5. The largest absolute Gasteiger partial charge is 0.493 e. The normalized spacial score (nSPS) is 11.1. The zero-order chi connectivity index (χ0) is 28.5. The van der Waals surface area contributed by atoms with E-state index in [-0.39, 0.29) is 5.41 Å². The highest BCUT2D eigenvalue weighted by Gasteiger charge is 2.21. The molecule has 0 atom stereocenters. The first kappa shape index (κ1) is 28.5. The number of anilines is 1. The lowest BCUT2D eigenvalue weighted by Gasteiger charge is -2.17. The SMILES string of the molecule is COc1ccccc1OCCOc1ccc(OCCOc2ccccc2OC)c(-n2nc(C(C)(C)C)cc2N)c1. The number of hydrogen-bond donors (Lipinski definition) is 1. The molecule has 212 valence electrons. The Hall–Kier alpha value is -4.53. The number of hydrogen-bond acceptors (Lipinski definition) is 8. The van der Waals surface area contributed by atoms with E-state index in [1.807, 2.05) is 72.8 Å². The molecule has 1 heterocycles. The molecule has 0 bridgehead atoms. The van der Waals surface area contributed by atoms with Gasteiger partial charge in [-0.3, -0.25) is 0 Å². The Morgan fingerprint density at radius 1 is 0.650 bits per heavy atom. The summed E-state index contributed by atoms with van der Waals surface area (Å²) in [5.74, 6) is 4.37. The van der Waals surface area contributed by atoms with Gasteiger partial charge in [0.05, 0.1) is 19.9 Å². The zero-order valence-electron chi connectivity index (χ0n) is 23.7. The van der Waals surface area contributed by atoms with Crippen molar-refractivity contribution in [3.05, 3.63) is 78.5 Å². The van der Waals surface area contributed by atoms with Crippen LogP contribution in [0.5, 0.6) is 34.5 Å². The number of nitrogens with two attached hydrogens (primary N) is 1. The van der Waals surface area contributed by atoms with Gasteiger partial charge in [0.25, 0.3) is 0 Å². The Balaban J connectivity index is 1.47. The number of rotatable bonds is 13. The van der Waals surface area contributed by atoms with Gasteiger partial charge in [0.1, 0.15) is 49.4 Å². The molecule has 0 aliphatic heterocycles. The number of nitrogen functional groups attached to an aromatic ring is 1. The van der Waals surface area contributed by atoms with Crippen LogP contribution in [0, 0.1) is 0 Å². The van der Waals surface area contributed by atoms with E-state index in [0.717, 1.165) is 5.69 Å². The minimum absolute atomic E-state index is 0.174. The third-order valence-electron chi connectivity index (χ3n) is 6.01. The zero-order valence-corrected chi connectivity index (χ0v) is 23.7. The molecule has 0 aliphatic carbocycles. The molecule has 9 heteroatoms. The maximum absolute atomic E-state index is 6.40. The standard InChI is InChI=1S/C31H37N3O6/c1-31(2,3)29-21-30(32)34(33-29)23-20-22(37-16-17-39-27-12-8-6-10-25(27)35-4)14-15-24(23)38-18-19-40-28-13-9-7-11-26(28)36-5/h6-15,20-21H,16-19,32H2,1-5H3. The summed E-state index contributed by atoms with van der Waals surface area (Å²) in [7, 11) is 3.22. The van der Waals surface area contributed by atoms with Crippen LogP contribution in [0.2, 0.25) is 0 Å². The summed E-state index contributed by atoms with van der Waals surface area (Å²) in [6.07, 6.45) is 0. The predicted octanol–water partition coefficient (Wildman–Crippen LogP) is 5.68. The molecule has 0 unspecified atom stereocenters. The fourth-order valence-electron chi connectivity index (χ4n) is 3.92. The first-order chi connectivity index (χ1) is 19.3. The van der Waals surface area contributed by atoms with Crippen molar-refractivity contribution in [2.45, 2.75) is 26.2 Å². The molecular formula is C31H37N3O6. The van der Waals surface area contributed by atoms with E-state index in [2.05, 4.69) is 20.8 Å². The van der Waals surface area contributed by atoms with Crippen LogP contribution in [0.25, 0.3) is 5.69 Å². The Labute approximate surface area is 235 Å². The van der Waals surface area contributed by atoms with E-state index in [0.29, 0.717) is 72.4 Å². The van der Waals surface area contributed by atoms with Crippen molar-refractivity contribution in [1.82, 2.24) is 9.78 Å². The molecule has 40 heavy (non-hydrogen) atoms. The number of aromatic nitrogens is 2. The van der Waals surface area contributed by atoms with Crippen molar-refractivity contribution in [2.75, 3.05) is 46.4 Å². The summed E-state index contributed by atoms with van der Waals surface area (Å²) in [5, 5.41) is 4.78. The average Bonchev–Trinajstić information content (AvgIpc) is 3.36. The van der Waals surface area contributed by atoms with E-state index in [1.54, 1.807) is 18.9 Å². The van der Waals surface area contributed by atoms with Crippen LogP contribution >= 0.6 is 0 Å². The van der Waals surface area contributed by atoms with Crippen molar-refractivity contribution in [3.63, 3.8) is 0 Å². The van der Waals surface area contributed by atoms with Gasteiger partial charge in [-0.25, -0.2) is 4.68 Å². The van der Waals surface area contributed by atoms with Crippen molar-refractivity contribution in [3.8, 4) is 40.2 Å². The molecule has 0 fully saturated rings. The Kier molecular flexibility index (Phi) is 9.27. The summed E-state index contributed by atoms with van der Waals surface area (Å²) in [6, 6.07) is 22.4. The number of nitrogens with zero attached hydrogens (tertiary/aromatic N) is 2. The van der Waals surface area contributed by atoms with Crippen molar-refractivity contribution in [2.24, 2.45) is 0 Å². The summed E-state index contributed by atoms with van der Waals surface area (Å²) in [6.45, 7) is 7.55. The molecule has 0 radical (unpaired) electrons. The van der Waals surface area contributed by atoms with Crippen LogP contribution in [0.15, 0.2) is 72.8 Å². The van der Waals surface area contributed by atoms with E-state index >= 15 is 0 Å². The van der Waals surface area contributed by atoms with Crippen molar-refractivity contribution >= 4 is 5.82 Å². The van der Waals surface area contributed by atoms with Crippen LogP contribution in [-0.2, 0) is 5.41 Å². The van der Waals surface area contributed by atoms with Crippen LogP contribution in [-0.4, -0.2) is 50.4 Å². The maximum Gasteiger partial charge on any atom is 0.161 e. The molecule has 0 saturated carbocycles. The van der Waals surface area contributed by atoms with E-state index in [4.69, 9.17) is 39.3 Å². The highest BCUT2D eigenvalue weighted by Crippen LogP contribution is 2.32. The summed E-state index contributed by atoms with van der Waals surface area (Å²) in [5.41, 5.74) is 7.75. The molecule has 3 aromatic carbocycles. The molecule has 2 N–H and O–H groups in total. The smallest absolute Gasteiger partial charge is 0.161 e. The maximum atomic E-state index is 6.40. The van der Waals surface area contributed by atoms with Gasteiger partial charge in [-0.1, -0.05) is 45.0 Å². The molecule has 4 rings (SSSR count). The first-order valence-corrected chi connectivity index (χ1v) is 13.1. The Morgan fingerprint density at radius 3 is 1.65 bits per heavy atom. The molecule has 0 spiro atoms. The minimum atomic E-state index is -0.174. The van der Waals surface area contributed by atoms with Crippen LogP contribution < -0.4 is 34.2 Å². The van der Waals surface area contributed by atoms with Gasteiger partial charge >= 0.3 is 0 Å². The first-order valence-electron chi connectivity index (χ1n) is 13.1. The van der Waals surface area contributed by atoms with Gasteiger partial charge in [0.15, 0.2) is 23.0 Å². The van der Waals surface area contributed by atoms with Gasteiger partial charge in [-0.2, -0.15) is 5.10 Å². The van der Waals surface area contributed by atoms with Gasteiger partial charge in [0.2, 0.25) is 0 Å². The van der Waals surface area contributed by atoms with Crippen molar-refractivity contribution < 1.29 is 28.4 Å². The number of methoxy groups -OCH3 is 2. The van der Waals surface area contributed by atoms with Crippen LogP contribution in [0.3, 0.4) is 0 Å². The summed E-state index contributed by atoms with van der Waals surface area (Å²) in [4.78, 5) is 0. The highest BCUT2D eigenvalue weighted by molar-refractivity contribution is 5.55. The minimum Gasteiger partial charge on any atom is -0.493 e. The van der Waals surface area contributed by atoms with Gasteiger partial charge < -0.3 is 34.2 Å². The molecule has 9 nitrogen and oxygen atoms in total. The van der Waals surface area contributed by atoms with Crippen LogP contribution in [0.4, 0.5) is 5.82 Å². The molecular weight excluding hydrogens is 510 g/mol. The third kappa shape index (κ3) is 7.11. The monoisotopic (exact) mass is 547 g/mol. The number of para-hydroxylation sites is 4. The van der Waals surface area contributed by atoms with E-state index < -0.39 is 0 Å². The average molecular weight is 548 g/mol. The topological polar surface area (TPSA) is 99.2 Å². The lowest BCUT2D eigenvalue weighted by Crippen LogP contribution is -2.14. The third-order valence-corrected chi connectivity index (χ3v) is 6.01. The molecule has 0 saturated heterocycles. The second-order valence-corrected chi connectivity index (χ2v) is 9.94. The molecule has 0 amide bonds. The van der Waals surface area contributed by atoms with Crippen molar-refractivity contribution in [1.29, 1.82) is 0 Å². The van der Waals surface area contributed by atoms with Gasteiger partial charge in [-0.15, -0.1) is 0 Å². The fraction of sp³-hybridized carbons (Fsp3) is 0.323. The predicted molar refractivity (Wildman–Crippen MR) is 155 cm³/mol. The second kappa shape index (κ2) is 13.0. The molecule has 1 aromatic heterocycles. The van der Waals surface area contributed by atoms with E-state index in [9.17, 15) is 0 Å². The van der Waals surface area contributed by atoms with Gasteiger partial charge in [0, 0.05) is 17.5 Å². The summed E-state index contributed by atoms with van der Waals surface area (Å²) >= 11 is 0. The van der Waals surface area contributed by atoms with Gasteiger partial charge in [-0.05, 0) is 36.4 Å². The summed E-state index contributed by atoms with van der Waals surface area (Å²) < 4.78 is 36.2. The second-order valence-electron chi connectivity index (χ2n) is 9.94. The Bertz CT molecular complexity index is 1400. The number of ether oxygens (including phenoxy) is 6. The quantitative estimate of drug-likeness (QED) is 0.213. The lowest BCUT2D eigenvalue weighted by molar-refractivity contribution is 0.207. The van der Waals surface area contributed by atoms with Crippen LogP contribution in [0.1, 0.15) is 26.5 Å². The molecule has 4 aromatic rings. The lowest BCUT2D eigenvalue weighted by atomic mass is 9.92. The molecule has 0 aliphatic rings.